The van der Waals surface area contributed by atoms with E-state index in [0.717, 1.165) is 17.0 Å². The maximum absolute atomic E-state index is 6.03. The van der Waals surface area contributed by atoms with Crippen molar-refractivity contribution in [1.29, 1.82) is 0 Å². The summed E-state index contributed by atoms with van der Waals surface area (Å²) in [4.78, 5) is 0. The lowest BCUT2D eigenvalue weighted by molar-refractivity contribution is 0.00177. The van der Waals surface area contributed by atoms with Crippen LogP contribution in [0.5, 0.6) is 0 Å². The van der Waals surface area contributed by atoms with Crippen LogP contribution in [0, 0.1) is 5.92 Å². The van der Waals surface area contributed by atoms with Crippen LogP contribution >= 0.6 is 15.9 Å². The van der Waals surface area contributed by atoms with Gasteiger partial charge in [-0.3, -0.25) is 0 Å². The summed E-state index contributed by atoms with van der Waals surface area (Å²) in [5.74, 6) is 0.888. The maximum Gasteiger partial charge on any atom is 0.0720 e. The van der Waals surface area contributed by atoms with E-state index in [0.29, 0.717) is 6.10 Å². The lowest BCUT2D eigenvalue weighted by Crippen LogP contribution is -2.22. The monoisotopic (exact) mass is 296 g/mol. The number of ether oxygens (including phenoxy) is 1. The van der Waals surface area contributed by atoms with E-state index in [9.17, 15) is 0 Å². The molecule has 17 heavy (non-hydrogen) atoms. The molecule has 1 aliphatic rings. The minimum absolute atomic E-state index is 0.484. The Labute approximate surface area is 113 Å². The number of rotatable bonds is 4. The Morgan fingerprint density at radius 2 is 2.00 bits per heavy atom. The highest BCUT2D eigenvalue weighted by molar-refractivity contribution is 9.10. The first-order chi connectivity index (χ1) is 8.28. The number of hydrogen-bond acceptors (Lipinski definition) is 1. The Hall–Kier alpha value is -0.340. The van der Waals surface area contributed by atoms with E-state index in [1.807, 2.05) is 0 Å². The summed E-state index contributed by atoms with van der Waals surface area (Å²) in [6.45, 7) is 3.05. The van der Waals surface area contributed by atoms with Crippen molar-refractivity contribution in [2.75, 3.05) is 0 Å². The highest BCUT2D eigenvalue weighted by atomic mass is 79.9. The Kier molecular flexibility index (Phi) is 5.05. The van der Waals surface area contributed by atoms with Crippen molar-refractivity contribution >= 4 is 15.9 Å². The summed E-state index contributed by atoms with van der Waals surface area (Å²) >= 11 is 3.45. The molecular weight excluding hydrogens is 276 g/mol. The molecule has 0 radical (unpaired) electrons. The zero-order valence-electron chi connectivity index (χ0n) is 10.5. The largest absolute Gasteiger partial charge is 0.374 e. The van der Waals surface area contributed by atoms with Crippen molar-refractivity contribution < 1.29 is 4.74 Å². The van der Waals surface area contributed by atoms with Gasteiger partial charge in [-0.1, -0.05) is 54.2 Å². The van der Waals surface area contributed by atoms with Gasteiger partial charge in [0.25, 0.3) is 0 Å². The molecular formula is C15H21BrO. The lowest BCUT2D eigenvalue weighted by Gasteiger charge is -2.28. The van der Waals surface area contributed by atoms with Crippen molar-refractivity contribution in [3.8, 4) is 0 Å². The van der Waals surface area contributed by atoms with E-state index < -0.39 is 0 Å². The van der Waals surface area contributed by atoms with E-state index in [1.54, 1.807) is 0 Å². The normalized spacial score (nSPS) is 24.8. The third-order valence-corrected chi connectivity index (χ3v) is 4.24. The van der Waals surface area contributed by atoms with Gasteiger partial charge in [-0.25, -0.2) is 0 Å². The molecule has 2 heteroatoms. The molecule has 2 rings (SSSR count). The van der Waals surface area contributed by atoms with Crippen molar-refractivity contribution in [3.63, 3.8) is 0 Å². The fourth-order valence-corrected chi connectivity index (χ4v) is 2.82. The van der Waals surface area contributed by atoms with Gasteiger partial charge in [-0.05, 0) is 36.5 Å². The van der Waals surface area contributed by atoms with Gasteiger partial charge in [0, 0.05) is 4.47 Å². The molecule has 2 atom stereocenters. The Morgan fingerprint density at radius 1 is 1.24 bits per heavy atom. The van der Waals surface area contributed by atoms with Gasteiger partial charge in [-0.2, -0.15) is 0 Å². The van der Waals surface area contributed by atoms with Crippen molar-refractivity contribution in [3.05, 3.63) is 34.3 Å². The van der Waals surface area contributed by atoms with Crippen molar-refractivity contribution in [1.82, 2.24) is 0 Å². The van der Waals surface area contributed by atoms with Crippen LogP contribution < -0.4 is 0 Å². The molecule has 0 N–H and O–H groups in total. The van der Waals surface area contributed by atoms with Crippen LogP contribution in [0.15, 0.2) is 28.7 Å². The molecule has 0 saturated heterocycles. The molecule has 0 bridgehead atoms. The summed E-state index contributed by atoms with van der Waals surface area (Å²) < 4.78 is 7.16. The standard InChI is InChI=1S/C15H21BrO/c1-2-12-4-3-5-15(10-12)17-11-13-6-8-14(16)9-7-13/h6-9,12,15H,2-5,10-11H2,1H3. The molecule has 0 spiro atoms. The third kappa shape index (κ3) is 4.11. The van der Waals surface area contributed by atoms with Gasteiger partial charge in [0.15, 0.2) is 0 Å². The summed E-state index contributed by atoms with van der Waals surface area (Å²) in [6.07, 6.45) is 7.02. The van der Waals surface area contributed by atoms with Gasteiger partial charge in [0.1, 0.15) is 0 Å². The molecule has 1 fully saturated rings. The van der Waals surface area contributed by atoms with Crippen molar-refractivity contribution in [2.45, 2.75) is 51.7 Å². The quantitative estimate of drug-likeness (QED) is 0.765. The van der Waals surface area contributed by atoms with Crippen molar-refractivity contribution in [2.24, 2.45) is 5.92 Å². The molecule has 1 aromatic rings. The Morgan fingerprint density at radius 3 is 2.71 bits per heavy atom. The van der Waals surface area contributed by atoms with Crippen LogP contribution in [0.4, 0.5) is 0 Å². The zero-order chi connectivity index (χ0) is 12.1. The van der Waals surface area contributed by atoms with Gasteiger partial charge in [0.05, 0.1) is 12.7 Å². The van der Waals surface area contributed by atoms with Crippen LogP contribution in [0.1, 0.15) is 44.6 Å². The van der Waals surface area contributed by atoms with E-state index in [1.165, 1.54) is 37.7 Å². The maximum atomic E-state index is 6.03. The molecule has 0 aliphatic heterocycles. The summed E-state index contributed by atoms with van der Waals surface area (Å²) in [5, 5.41) is 0. The van der Waals surface area contributed by atoms with E-state index >= 15 is 0 Å². The van der Waals surface area contributed by atoms with Crippen LogP contribution in [0.25, 0.3) is 0 Å². The molecule has 0 amide bonds. The molecule has 94 valence electrons. The molecule has 0 aromatic heterocycles. The second-order valence-electron chi connectivity index (χ2n) is 5.00. The van der Waals surface area contributed by atoms with E-state index in [-0.39, 0.29) is 0 Å². The zero-order valence-corrected chi connectivity index (χ0v) is 12.1. The molecule has 0 heterocycles. The van der Waals surface area contributed by atoms with Gasteiger partial charge in [0.2, 0.25) is 0 Å². The minimum Gasteiger partial charge on any atom is -0.374 e. The lowest BCUT2D eigenvalue weighted by atomic mass is 9.85. The predicted molar refractivity (Wildman–Crippen MR) is 75.0 cm³/mol. The molecule has 2 unspecified atom stereocenters. The third-order valence-electron chi connectivity index (χ3n) is 3.71. The molecule has 1 aliphatic carbocycles. The fourth-order valence-electron chi connectivity index (χ4n) is 2.56. The number of benzene rings is 1. The highest BCUT2D eigenvalue weighted by Crippen LogP contribution is 2.28. The van der Waals surface area contributed by atoms with E-state index in [4.69, 9.17) is 4.74 Å². The predicted octanol–water partition coefficient (Wildman–Crippen LogP) is 4.93. The summed E-state index contributed by atoms with van der Waals surface area (Å²) in [5.41, 5.74) is 1.27. The highest BCUT2D eigenvalue weighted by Gasteiger charge is 2.20. The summed E-state index contributed by atoms with van der Waals surface area (Å²) in [6, 6.07) is 8.41. The van der Waals surface area contributed by atoms with Crippen LogP contribution in [-0.4, -0.2) is 6.10 Å². The SMILES string of the molecule is CCC1CCCC(OCc2ccc(Br)cc2)C1. The first-order valence-corrected chi connectivity index (χ1v) is 7.43. The average molecular weight is 297 g/mol. The van der Waals surface area contributed by atoms with Gasteiger partial charge >= 0.3 is 0 Å². The first kappa shape index (κ1) is 13.1. The van der Waals surface area contributed by atoms with Crippen LogP contribution in [0.2, 0.25) is 0 Å². The van der Waals surface area contributed by atoms with E-state index in [2.05, 4.69) is 47.1 Å². The second-order valence-corrected chi connectivity index (χ2v) is 5.92. The smallest absolute Gasteiger partial charge is 0.0720 e. The summed E-state index contributed by atoms with van der Waals surface area (Å²) in [7, 11) is 0. The minimum atomic E-state index is 0.484. The number of hydrogen-bond donors (Lipinski definition) is 0. The van der Waals surface area contributed by atoms with Crippen LogP contribution in [0.3, 0.4) is 0 Å². The van der Waals surface area contributed by atoms with Crippen LogP contribution in [-0.2, 0) is 11.3 Å². The molecule has 1 saturated carbocycles. The Bertz CT molecular complexity index is 333. The van der Waals surface area contributed by atoms with Gasteiger partial charge in [-0.15, -0.1) is 0 Å². The average Bonchev–Trinajstić information content (AvgIpc) is 2.38. The van der Waals surface area contributed by atoms with Gasteiger partial charge < -0.3 is 4.74 Å². The molecule has 1 nitrogen and oxygen atoms in total. The second kappa shape index (κ2) is 6.55. The fraction of sp³-hybridized carbons (Fsp3) is 0.600. The number of halogens is 1. The Balaban J connectivity index is 1.79. The first-order valence-electron chi connectivity index (χ1n) is 6.64. The molecule has 1 aromatic carbocycles. The topological polar surface area (TPSA) is 9.23 Å².